The number of H-pyrrole nitrogens is 1. The summed E-state index contributed by atoms with van der Waals surface area (Å²) < 4.78 is 2.05. The molecule has 122 valence electrons. The fourth-order valence-electron chi connectivity index (χ4n) is 3.14. The summed E-state index contributed by atoms with van der Waals surface area (Å²) in [5, 5.41) is 0. The van der Waals surface area contributed by atoms with Gasteiger partial charge < -0.3 is 9.55 Å². The second-order valence-corrected chi connectivity index (χ2v) is 6.35. The third kappa shape index (κ3) is 2.22. The third-order valence-corrected chi connectivity index (χ3v) is 4.40. The molecule has 0 spiro atoms. The van der Waals surface area contributed by atoms with Gasteiger partial charge in [-0.3, -0.25) is 14.5 Å². The first-order valence-corrected chi connectivity index (χ1v) is 8.06. The van der Waals surface area contributed by atoms with Gasteiger partial charge in [0.1, 0.15) is 0 Å². The van der Waals surface area contributed by atoms with Crippen molar-refractivity contribution in [2.24, 2.45) is 0 Å². The number of nitrogens with one attached hydrogen (secondary N) is 1. The second kappa shape index (κ2) is 5.33. The van der Waals surface area contributed by atoms with Crippen molar-refractivity contribution in [2.45, 2.75) is 26.3 Å². The minimum absolute atomic E-state index is 0.147. The standard InChI is InChI=1S/C18H18N4O2/c1-11(2)14-9-12(10-16(23)19-14)17(24)22-8-7-21-15-6-4-3-5-13(15)20-18(21)22/h3-6,9-11H,7-8H2,1-2H3,(H,19,23). The van der Waals surface area contributed by atoms with E-state index in [2.05, 4.69) is 9.97 Å². The first-order valence-electron chi connectivity index (χ1n) is 8.06. The average molecular weight is 322 g/mol. The number of aromatic nitrogens is 3. The molecule has 6 heteroatoms. The van der Waals surface area contributed by atoms with E-state index in [1.54, 1.807) is 11.0 Å². The maximum absolute atomic E-state index is 12.9. The van der Waals surface area contributed by atoms with Crippen LogP contribution in [-0.2, 0) is 6.54 Å². The molecule has 1 aliphatic rings. The Morgan fingerprint density at radius 3 is 2.79 bits per heavy atom. The highest BCUT2D eigenvalue weighted by Crippen LogP contribution is 2.28. The molecule has 1 aliphatic heterocycles. The normalized spacial score (nSPS) is 13.7. The van der Waals surface area contributed by atoms with Crippen LogP contribution in [0, 0.1) is 0 Å². The van der Waals surface area contributed by atoms with E-state index in [9.17, 15) is 9.59 Å². The van der Waals surface area contributed by atoms with Crippen LogP contribution in [-0.4, -0.2) is 27.0 Å². The van der Waals surface area contributed by atoms with Gasteiger partial charge in [0.25, 0.3) is 5.91 Å². The zero-order valence-electron chi connectivity index (χ0n) is 13.6. The number of amides is 1. The van der Waals surface area contributed by atoms with E-state index in [4.69, 9.17) is 0 Å². The monoisotopic (exact) mass is 322 g/mol. The van der Waals surface area contributed by atoms with Crippen LogP contribution in [0.25, 0.3) is 11.0 Å². The summed E-state index contributed by atoms with van der Waals surface area (Å²) in [6.07, 6.45) is 0. The molecule has 1 N–H and O–H groups in total. The number of para-hydroxylation sites is 2. The molecule has 6 nitrogen and oxygen atoms in total. The van der Waals surface area contributed by atoms with Gasteiger partial charge in [0.05, 0.1) is 11.0 Å². The molecule has 0 fully saturated rings. The summed E-state index contributed by atoms with van der Waals surface area (Å²) in [7, 11) is 0. The van der Waals surface area contributed by atoms with Crippen LogP contribution in [0.2, 0.25) is 0 Å². The number of anilines is 1. The molecule has 0 atom stereocenters. The lowest BCUT2D eigenvalue weighted by Gasteiger charge is -2.15. The van der Waals surface area contributed by atoms with E-state index in [1.807, 2.05) is 42.7 Å². The molecule has 24 heavy (non-hydrogen) atoms. The lowest BCUT2D eigenvalue weighted by Crippen LogP contribution is -2.30. The highest BCUT2D eigenvalue weighted by Gasteiger charge is 2.29. The summed E-state index contributed by atoms with van der Waals surface area (Å²) >= 11 is 0. The van der Waals surface area contributed by atoms with E-state index in [1.165, 1.54) is 6.07 Å². The first-order chi connectivity index (χ1) is 11.5. The third-order valence-electron chi connectivity index (χ3n) is 4.40. The van der Waals surface area contributed by atoms with Crippen molar-refractivity contribution >= 4 is 22.9 Å². The average Bonchev–Trinajstić information content (AvgIpc) is 3.12. The first kappa shape index (κ1) is 14.7. The number of aromatic amines is 1. The molecule has 3 aromatic rings. The summed E-state index contributed by atoms with van der Waals surface area (Å²) in [5.74, 6) is 0.609. The quantitative estimate of drug-likeness (QED) is 0.788. The highest BCUT2D eigenvalue weighted by atomic mass is 16.2. The maximum Gasteiger partial charge on any atom is 0.260 e. The van der Waals surface area contributed by atoms with Crippen LogP contribution in [0.4, 0.5) is 5.95 Å². The molecule has 1 aromatic carbocycles. The predicted octanol–water partition coefficient (Wildman–Crippen LogP) is 2.51. The molecular formula is C18H18N4O2. The number of pyridine rings is 1. The van der Waals surface area contributed by atoms with E-state index in [0.29, 0.717) is 24.6 Å². The largest absolute Gasteiger partial charge is 0.326 e. The predicted molar refractivity (Wildman–Crippen MR) is 92.6 cm³/mol. The number of rotatable bonds is 2. The lowest BCUT2D eigenvalue weighted by atomic mass is 10.1. The smallest absolute Gasteiger partial charge is 0.260 e. The SMILES string of the molecule is CC(C)c1cc(C(=O)N2CCn3c2nc2ccccc23)cc(=O)[nH]1. The number of carbonyl (C=O) groups excluding carboxylic acids is 1. The van der Waals surface area contributed by atoms with Gasteiger partial charge in [-0.2, -0.15) is 0 Å². The van der Waals surface area contributed by atoms with Crippen molar-refractivity contribution in [1.29, 1.82) is 0 Å². The van der Waals surface area contributed by atoms with Crippen molar-refractivity contribution in [3.8, 4) is 0 Å². The summed E-state index contributed by atoms with van der Waals surface area (Å²) in [6, 6.07) is 11.0. The Morgan fingerprint density at radius 1 is 1.21 bits per heavy atom. The lowest BCUT2D eigenvalue weighted by molar-refractivity contribution is 0.0988. The molecule has 1 amide bonds. The number of hydrogen-bond acceptors (Lipinski definition) is 3. The van der Waals surface area contributed by atoms with Crippen molar-refractivity contribution in [1.82, 2.24) is 14.5 Å². The molecule has 0 aliphatic carbocycles. The molecule has 0 saturated heterocycles. The van der Waals surface area contributed by atoms with Gasteiger partial charge in [0, 0.05) is 30.4 Å². The van der Waals surface area contributed by atoms with Gasteiger partial charge in [-0.15, -0.1) is 0 Å². The van der Waals surface area contributed by atoms with Gasteiger partial charge in [0.2, 0.25) is 11.5 Å². The molecule has 4 rings (SSSR count). The summed E-state index contributed by atoms with van der Waals surface area (Å²) in [4.78, 5) is 33.8. The van der Waals surface area contributed by atoms with E-state index in [0.717, 1.165) is 16.7 Å². The fraction of sp³-hybridized carbons (Fsp3) is 0.278. The van der Waals surface area contributed by atoms with E-state index >= 15 is 0 Å². The van der Waals surface area contributed by atoms with Crippen LogP contribution in [0.3, 0.4) is 0 Å². The van der Waals surface area contributed by atoms with E-state index < -0.39 is 0 Å². The molecule has 0 bridgehead atoms. The summed E-state index contributed by atoms with van der Waals surface area (Å²) in [6.45, 7) is 5.24. The van der Waals surface area contributed by atoms with Gasteiger partial charge in [-0.1, -0.05) is 26.0 Å². The van der Waals surface area contributed by atoms with Crippen molar-refractivity contribution in [3.05, 3.63) is 58.0 Å². The Kier molecular flexibility index (Phi) is 3.26. The Morgan fingerprint density at radius 2 is 2.00 bits per heavy atom. The molecule has 0 unspecified atom stereocenters. The summed E-state index contributed by atoms with van der Waals surface area (Å²) in [5.41, 5.74) is 2.81. The Hall–Kier alpha value is -2.89. The molecule has 3 heterocycles. The van der Waals surface area contributed by atoms with Crippen molar-refractivity contribution < 1.29 is 4.79 Å². The second-order valence-electron chi connectivity index (χ2n) is 6.35. The zero-order valence-corrected chi connectivity index (χ0v) is 13.6. The molecule has 2 aromatic heterocycles. The highest BCUT2D eigenvalue weighted by molar-refractivity contribution is 6.06. The minimum Gasteiger partial charge on any atom is -0.326 e. The number of benzene rings is 1. The number of hydrogen-bond donors (Lipinski definition) is 1. The molecule has 0 saturated carbocycles. The minimum atomic E-state index is -0.253. The number of imidazole rings is 1. The Balaban J connectivity index is 1.77. The van der Waals surface area contributed by atoms with Gasteiger partial charge >= 0.3 is 0 Å². The van der Waals surface area contributed by atoms with Crippen molar-refractivity contribution in [2.75, 3.05) is 11.4 Å². The maximum atomic E-state index is 12.9. The Labute approximate surface area is 138 Å². The zero-order chi connectivity index (χ0) is 16.8. The van der Waals surface area contributed by atoms with Gasteiger partial charge in [-0.05, 0) is 24.1 Å². The number of fused-ring (bicyclic) bond motifs is 3. The van der Waals surface area contributed by atoms with Crippen LogP contribution in [0.15, 0.2) is 41.2 Å². The van der Waals surface area contributed by atoms with Crippen LogP contribution in [0.5, 0.6) is 0 Å². The topological polar surface area (TPSA) is 71.0 Å². The van der Waals surface area contributed by atoms with Crippen molar-refractivity contribution in [3.63, 3.8) is 0 Å². The van der Waals surface area contributed by atoms with Gasteiger partial charge in [0.15, 0.2) is 0 Å². The van der Waals surface area contributed by atoms with Gasteiger partial charge in [-0.25, -0.2) is 4.98 Å². The molecule has 0 radical (unpaired) electrons. The number of nitrogens with zero attached hydrogens (tertiary/aromatic N) is 3. The molecular weight excluding hydrogens is 304 g/mol. The van der Waals surface area contributed by atoms with Crippen LogP contribution < -0.4 is 10.5 Å². The van der Waals surface area contributed by atoms with Crippen LogP contribution >= 0.6 is 0 Å². The fourth-order valence-corrected chi connectivity index (χ4v) is 3.14. The van der Waals surface area contributed by atoms with Crippen LogP contribution in [0.1, 0.15) is 35.8 Å². The van der Waals surface area contributed by atoms with E-state index in [-0.39, 0.29) is 17.4 Å². The Bertz CT molecular complexity index is 1000. The number of carbonyl (C=O) groups is 1.